The van der Waals surface area contributed by atoms with Gasteiger partial charge >= 0.3 is 5.97 Å². The fourth-order valence-electron chi connectivity index (χ4n) is 2.42. The molecule has 0 aromatic heterocycles. The zero-order valence-electron chi connectivity index (χ0n) is 11.0. The van der Waals surface area contributed by atoms with Gasteiger partial charge in [0.15, 0.2) is 0 Å². The Hall–Kier alpha value is -0.790. The summed E-state index contributed by atoms with van der Waals surface area (Å²) in [6.07, 6.45) is 7.94. The second kappa shape index (κ2) is 5.51. The first-order chi connectivity index (χ1) is 7.44. The molecule has 1 fully saturated rings. The van der Waals surface area contributed by atoms with Gasteiger partial charge in [-0.15, -0.1) is 0 Å². The number of hydrogen-bond acceptors (Lipinski definition) is 2. The molecule has 0 N–H and O–H groups in total. The van der Waals surface area contributed by atoms with Crippen LogP contribution in [0, 0.1) is 11.3 Å². The Morgan fingerprint density at radius 3 is 2.75 bits per heavy atom. The number of ether oxygens (including phenoxy) is 1. The Morgan fingerprint density at radius 1 is 1.44 bits per heavy atom. The molecule has 0 aromatic rings. The second-order valence-corrected chi connectivity index (χ2v) is 5.71. The van der Waals surface area contributed by atoms with Crippen LogP contribution >= 0.6 is 0 Å². The van der Waals surface area contributed by atoms with Crippen LogP contribution in [0.3, 0.4) is 0 Å². The van der Waals surface area contributed by atoms with Crippen LogP contribution in [-0.4, -0.2) is 12.1 Å². The summed E-state index contributed by atoms with van der Waals surface area (Å²) in [5.74, 6) is 0.285. The van der Waals surface area contributed by atoms with E-state index >= 15 is 0 Å². The van der Waals surface area contributed by atoms with Crippen LogP contribution in [0.5, 0.6) is 0 Å². The van der Waals surface area contributed by atoms with Crippen LogP contribution in [0.2, 0.25) is 0 Å². The zero-order chi connectivity index (χ0) is 12.2. The van der Waals surface area contributed by atoms with Crippen molar-refractivity contribution in [2.75, 3.05) is 0 Å². The van der Waals surface area contributed by atoms with Crippen LogP contribution < -0.4 is 0 Å². The van der Waals surface area contributed by atoms with E-state index in [1.54, 1.807) is 6.08 Å². The Labute approximate surface area is 99.1 Å². The van der Waals surface area contributed by atoms with Crippen LogP contribution in [0.4, 0.5) is 0 Å². The lowest BCUT2D eigenvalue weighted by molar-refractivity contribution is -0.146. The quantitative estimate of drug-likeness (QED) is 0.406. The third-order valence-electron chi connectivity index (χ3n) is 3.47. The van der Waals surface area contributed by atoms with Crippen molar-refractivity contribution in [3.63, 3.8) is 0 Å². The maximum atomic E-state index is 11.5. The molecule has 1 rings (SSSR count). The topological polar surface area (TPSA) is 26.3 Å². The number of esters is 1. The molecule has 0 bridgehead atoms. The first-order valence-electron chi connectivity index (χ1n) is 6.28. The highest BCUT2D eigenvalue weighted by Crippen LogP contribution is 2.37. The predicted octanol–water partition coefficient (Wildman–Crippen LogP) is 3.71. The fraction of sp³-hybridized carbons (Fsp3) is 0.786. The molecule has 1 aliphatic rings. The first-order valence-corrected chi connectivity index (χ1v) is 6.28. The van der Waals surface area contributed by atoms with E-state index < -0.39 is 0 Å². The number of carbonyl (C=O) groups excluding carboxylic acids is 1. The molecule has 0 saturated heterocycles. The van der Waals surface area contributed by atoms with Gasteiger partial charge in [-0.25, -0.2) is 4.79 Å². The van der Waals surface area contributed by atoms with Crippen molar-refractivity contribution >= 4 is 5.97 Å². The summed E-state index contributed by atoms with van der Waals surface area (Å²) in [6.45, 7) is 8.56. The molecule has 2 atom stereocenters. The molecule has 0 heterocycles. The minimum Gasteiger partial charge on any atom is -0.459 e. The molecule has 2 heteroatoms. The first kappa shape index (κ1) is 13.3. The summed E-state index contributed by atoms with van der Waals surface area (Å²) in [4.78, 5) is 11.5. The standard InChI is InChI=1S/C14H24O2/c1-5-7-13(15)16-12-10-14(3,4)9-6-8-11(12)2/h5,7,11-12H,6,8-10H2,1-4H3/b7-5+. The summed E-state index contributed by atoms with van der Waals surface area (Å²) >= 11 is 0. The maximum Gasteiger partial charge on any atom is 0.330 e. The minimum atomic E-state index is -0.197. The van der Waals surface area contributed by atoms with Gasteiger partial charge in [0.2, 0.25) is 0 Å². The lowest BCUT2D eigenvalue weighted by Gasteiger charge is -2.28. The molecule has 0 aliphatic heterocycles. The summed E-state index contributed by atoms with van der Waals surface area (Å²) < 4.78 is 5.53. The fourth-order valence-corrected chi connectivity index (χ4v) is 2.42. The molecule has 0 spiro atoms. The lowest BCUT2D eigenvalue weighted by atomic mass is 9.83. The van der Waals surface area contributed by atoms with Gasteiger partial charge in [-0.3, -0.25) is 0 Å². The van der Waals surface area contributed by atoms with Crippen molar-refractivity contribution in [1.82, 2.24) is 0 Å². The zero-order valence-corrected chi connectivity index (χ0v) is 11.0. The highest BCUT2D eigenvalue weighted by atomic mass is 16.5. The summed E-state index contributed by atoms with van der Waals surface area (Å²) in [7, 11) is 0. The second-order valence-electron chi connectivity index (χ2n) is 5.71. The molecule has 16 heavy (non-hydrogen) atoms. The van der Waals surface area contributed by atoms with E-state index in [1.165, 1.54) is 18.9 Å². The van der Waals surface area contributed by atoms with Gasteiger partial charge in [0.25, 0.3) is 0 Å². The maximum absolute atomic E-state index is 11.5. The monoisotopic (exact) mass is 224 g/mol. The molecule has 92 valence electrons. The molecular weight excluding hydrogens is 200 g/mol. The van der Waals surface area contributed by atoms with Gasteiger partial charge < -0.3 is 4.74 Å². The number of carbonyl (C=O) groups is 1. The van der Waals surface area contributed by atoms with Crippen molar-refractivity contribution < 1.29 is 9.53 Å². The highest BCUT2D eigenvalue weighted by molar-refractivity contribution is 5.81. The molecule has 1 saturated carbocycles. The molecule has 2 unspecified atom stereocenters. The van der Waals surface area contributed by atoms with Crippen molar-refractivity contribution in [3.8, 4) is 0 Å². The summed E-state index contributed by atoms with van der Waals surface area (Å²) in [6, 6.07) is 0. The van der Waals surface area contributed by atoms with Gasteiger partial charge in [0, 0.05) is 6.08 Å². The molecule has 0 aromatic carbocycles. The van der Waals surface area contributed by atoms with Gasteiger partial charge in [-0.2, -0.15) is 0 Å². The normalized spacial score (nSPS) is 30.0. The SMILES string of the molecule is C/C=C/C(=O)OC1CC(C)(C)CCCC1C. The van der Waals surface area contributed by atoms with Crippen molar-refractivity contribution in [1.29, 1.82) is 0 Å². The molecular formula is C14H24O2. The predicted molar refractivity (Wildman–Crippen MR) is 66.1 cm³/mol. The van der Waals surface area contributed by atoms with E-state index in [1.807, 2.05) is 6.92 Å². The largest absolute Gasteiger partial charge is 0.459 e. The average Bonchev–Trinajstić information content (AvgIpc) is 2.26. The van der Waals surface area contributed by atoms with Crippen molar-refractivity contribution in [3.05, 3.63) is 12.2 Å². The Balaban J connectivity index is 2.64. The molecule has 2 nitrogen and oxygen atoms in total. The van der Waals surface area contributed by atoms with Gasteiger partial charge in [0.1, 0.15) is 6.10 Å². The number of hydrogen-bond donors (Lipinski definition) is 0. The Morgan fingerprint density at radius 2 is 2.12 bits per heavy atom. The van der Waals surface area contributed by atoms with E-state index in [2.05, 4.69) is 20.8 Å². The molecule has 1 aliphatic carbocycles. The smallest absolute Gasteiger partial charge is 0.330 e. The van der Waals surface area contributed by atoms with Gasteiger partial charge in [-0.1, -0.05) is 33.3 Å². The van der Waals surface area contributed by atoms with E-state index in [9.17, 15) is 4.79 Å². The highest BCUT2D eigenvalue weighted by Gasteiger charge is 2.32. The Kier molecular flexibility index (Phi) is 4.57. The minimum absolute atomic E-state index is 0.0844. The third kappa shape index (κ3) is 3.99. The van der Waals surface area contributed by atoms with E-state index in [4.69, 9.17) is 4.74 Å². The van der Waals surface area contributed by atoms with Gasteiger partial charge in [-0.05, 0) is 37.5 Å². The van der Waals surface area contributed by atoms with Crippen molar-refractivity contribution in [2.45, 2.75) is 59.5 Å². The lowest BCUT2D eigenvalue weighted by Crippen LogP contribution is -2.27. The van der Waals surface area contributed by atoms with Crippen LogP contribution in [0.15, 0.2) is 12.2 Å². The molecule has 0 radical (unpaired) electrons. The van der Waals surface area contributed by atoms with Gasteiger partial charge in [0.05, 0.1) is 0 Å². The van der Waals surface area contributed by atoms with E-state index in [0.29, 0.717) is 11.3 Å². The van der Waals surface area contributed by atoms with Crippen LogP contribution in [-0.2, 0) is 9.53 Å². The summed E-state index contributed by atoms with van der Waals surface area (Å²) in [5, 5.41) is 0. The number of allylic oxidation sites excluding steroid dienone is 1. The number of rotatable bonds is 2. The Bertz CT molecular complexity index is 266. The average molecular weight is 224 g/mol. The summed E-state index contributed by atoms with van der Waals surface area (Å²) in [5.41, 5.74) is 0.297. The van der Waals surface area contributed by atoms with Crippen molar-refractivity contribution in [2.24, 2.45) is 11.3 Å². The van der Waals surface area contributed by atoms with E-state index in [-0.39, 0.29) is 12.1 Å². The third-order valence-corrected chi connectivity index (χ3v) is 3.47. The van der Waals surface area contributed by atoms with Crippen LogP contribution in [0.1, 0.15) is 53.4 Å². The van der Waals surface area contributed by atoms with E-state index in [0.717, 1.165) is 12.8 Å². The van der Waals surface area contributed by atoms with Crippen LogP contribution in [0.25, 0.3) is 0 Å². The molecule has 0 amide bonds.